The Morgan fingerprint density at radius 1 is 1.47 bits per heavy atom. The second-order valence-electron chi connectivity index (χ2n) is 5.52. The van der Waals surface area contributed by atoms with Gasteiger partial charge in [0.05, 0.1) is 6.61 Å². The van der Waals surface area contributed by atoms with Gasteiger partial charge in [-0.3, -0.25) is 0 Å². The maximum atomic E-state index is 11.4. The predicted molar refractivity (Wildman–Crippen MR) is 69.7 cm³/mol. The topological polar surface area (TPSA) is 46.5 Å². The van der Waals surface area contributed by atoms with Crippen molar-refractivity contribution in [2.24, 2.45) is 11.3 Å². The van der Waals surface area contributed by atoms with Crippen LogP contribution >= 0.6 is 0 Å². The van der Waals surface area contributed by atoms with Crippen LogP contribution in [0.2, 0.25) is 0 Å². The molecule has 3 heteroatoms. The van der Waals surface area contributed by atoms with Gasteiger partial charge in [0.15, 0.2) is 0 Å². The molecule has 17 heavy (non-hydrogen) atoms. The zero-order valence-electron chi connectivity index (χ0n) is 11.7. The lowest BCUT2D eigenvalue weighted by molar-refractivity contribution is -0.140. The van der Waals surface area contributed by atoms with Gasteiger partial charge in [-0.2, -0.15) is 0 Å². The van der Waals surface area contributed by atoms with Gasteiger partial charge in [0.1, 0.15) is 0 Å². The molecule has 1 unspecified atom stereocenters. The van der Waals surface area contributed by atoms with Crippen LogP contribution in [0.15, 0.2) is 11.6 Å². The fourth-order valence-corrected chi connectivity index (χ4v) is 1.86. The molecule has 0 saturated heterocycles. The summed E-state index contributed by atoms with van der Waals surface area (Å²) in [6.07, 6.45) is 3.47. The summed E-state index contributed by atoms with van der Waals surface area (Å²) in [4.78, 5) is 11.4. The number of aliphatic hydroxyl groups is 1. The molecule has 0 aliphatic carbocycles. The van der Waals surface area contributed by atoms with E-state index in [1.807, 2.05) is 6.92 Å². The highest BCUT2D eigenvalue weighted by atomic mass is 16.5. The predicted octanol–water partition coefficient (Wildman–Crippen LogP) is 2.93. The van der Waals surface area contributed by atoms with E-state index in [9.17, 15) is 4.79 Å². The number of hydrogen-bond acceptors (Lipinski definition) is 3. The molecule has 0 aromatic carbocycles. The monoisotopic (exact) mass is 242 g/mol. The van der Waals surface area contributed by atoms with E-state index in [0.29, 0.717) is 18.1 Å². The van der Waals surface area contributed by atoms with Crippen molar-refractivity contribution in [3.8, 4) is 0 Å². The normalized spacial score (nSPS) is 14.6. The first-order valence-electron chi connectivity index (χ1n) is 6.23. The first-order valence-corrected chi connectivity index (χ1v) is 6.23. The molecule has 0 heterocycles. The standard InChI is InChI=1S/C14H26O3/c1-6-12(3)13(16)17-10-11(2)9-14(4,5)7-8-15/h6,11,15H,7-10H2,1-5H3. The molecule has 0 rings (SSSR count). The van der Waals surface area contributed by atoms with E-state index in [4.69, 9.17) is 9.84 Å². The summed E-state index contributed by atoms with van der Waals surface area (Å²) in [6, 6.07) is 0. The quantitative estimate of drug-likeness (QED) is 0.551. The highest BCUT2D eigenvalue weighted by molar-refractivity contribution is 5.87. The van der Waals surface area contributed by atoms with Crippen molar-refractivity contribution in [2.75, 3.05) is 13.2 Å². The number of ether oxygens (including phenoxy) is 1. The Morgan fingerprint density at radius 3 is 2.53 bits per heavy atom. The summed E-state index contributed by atoms with van der Waals surface area (Å²) in [5.74, 6) is 0.0736. The zero-order chi connectivity index (χ0) is 13.5. The molecule has 1 N–H and O–H groups in total. The van der Waals surface area contributed by atoms with Crippen molar-refractivity contribution >= 4 is 5.97 Å². The minimum absolute atomic E-state index is 0.0935. The number of aliphatic hydroxyl groups excluding tert-OH is 1. The Labute approximate surface area is 105 Å². The molecule has 100 valence electrons. The number of carbonyl (C=O) groups excluding carboxylic acids is 1. The van der Waals surface area contributed by atoms with E-state index in [0.717, 1.165) is 12.8 Å². The highest BCUT2D eigenvalue weighted by Crippen LogP contribution is 2.28. The van der Waals surface area contributed by atoms with Crippen molar-refractivity contribution in [1.82, 2.24) is 0 Å². The van der Waals surface area contributed by atoms with Crippen LogP contribution < -0.4 is 0 Å². The number of esters is 1. The third-order valence-corrected chi connectivity index (χ3v) is 2.94. The van der Waals surface area contributed by atoms with Crippen molar-refractivity contribution < 1.29 is 14.6 Å². The van der Waals surface area contributed by atoms with Gasteiger partial charge in [-0.05, 0) is 38.0 Å². The SMILES string of the molecule is CC=C(C)C(=O)OCC(C)CC(C)(C)CCO. The molecule has 0 fully saturated rings. The van der Waals surface area contributed by atoms with Crippen molar-refractivity contribution in [2.45, 2.75) is 47.5 Å². The van der Waals surface area contributed by atoms with Crippen LogP contribution in [0, 0.1) is 11.3 Å². The lowest BCUT2D eigenvalue weighted by Gasteiger charge is -2.27. The van der Waals surface area contributed by atoms with Crippen LogP contribution in [-0.2, 0) is 9.53 Å². The maximum Gasteiger partial charge on any atom is 0.333 e. The van der Waals surface area contributed by atoms with Crippen molar-refractivity contribution in [3.05, 3.63) is 11.6 Å². The fraction of sp³-hybridized carbons (Fsp3) is 0.786. The highest BCUT2D eigenvalue weighted by Gasteiger charge is 2.21. The van der Waals surface area contributed by atoms with Gasteiger partial charge in [0, 0.05) is 12.2 Å². The average molecular weight is 242 g/mol. The third-order valence-electron chi connectivity index (χ3n) is 2.94. The van der Waals surface area contributed by atoms with Crippen LogP contribution in [0.25, 0.3) is 0 Å². The molecular formula is C14H26O3. The molecule has 0 bridgehead atoms. The van der Waals surface area contributed by atoms with Crippen LogP contribution in [0.1, 0.15) is 47.5 Å². The van der Waals surface area contributed by atoms with E-state index in [1.54, 1.807) is 13.0 Å². The summed E-state index contributed by atoms with van der Waals surface area (Å²) >= 11 is 0. The molecule has 0 aliphatic heterocycles. The molecule has 0 aliphatic rings. The minimum atomic E-state index is -0.237. The third kappa shape index (κ3) is 7.16. The summed E-state index contributed by atoms with van der Waals surface area (Å²) in [5, 5.41) is 8.94. The van der Waals surface area contributed by atoms with E-state index in [2.05, 4.69) is 20.8 Å². The maximum absolute atomic E-state index is 11.4. The molecule has 0 saturated carbocycles. The van der Waals surface area contributed by atoms with E-state index >= 15 is 0 Å². The number of rotatable bonds is 7. The lowest BCUT2D eigenvalue weighted by atomic mass is 9.81. The molecule has 0 amide bonds. The molecule has 0 aromatic rings. The number of allylic oxidation sites excluding steroid dienone is 1. The van der Waals surface area contributed by atoms with Crippen LogP contribution in [-0.4, -0.2) is 24.3 Å². The summed E-state index contributed by atoms with van der Waals surface area (Å²) in [6.45, 7) is 10.5. The molecule has 1 atom stereocenters. The summed E-state index contributed by atoms with van der Waals surface area (Å²) < 4.78 is 5.21. The minimum Gasteiger partial charge on any atom is -0.462 e. The van der Waals surface area contributed by atoms with Crippen LogP contribution in [0.3, 0.4) is 0 Å². The van der Waals surface area contributed by atoms with Gasteiger partial charge in [-0.15, -0.1) is 0 Å². The Kier molecular flexibility index (Phi) is 7.12. The largest absolute Gasteiger partial charge is 0.462 e. The van der Waals surface area contributed by atoms with E-state index < -0.39 is 0 Å². The molecule has 3 nitrogen and oxygen atoms in total. The van der Waals surface area contributed by atoms with Gasteiger partial charge in [0.2, 0.25) is 0 Å². The number of hydrogen-bond donors (Lipinski definition) is 1. The molecule has 0 aromatic heterocycles. The summed E-state index contributed by atoms with van der Waals surface area (Å²) in [7, 11) is 0. The Bertz CT molecular complexity index is 267. The molecule has 0 spiro atoms. The summed E-state index contributed by atoms with van der Waals surface area (Å²) in [5.41, 5.74) is 0.739. The fourth-order valence-electron chi connectivity index (χ4n) is 1.86. The Hall–Kier alpha value is -0.830. The first-order chi connectivity index (χ1) is 7.82. The second-order valence-corrected chi connectivity index (χ2v) is 5.52. The second kappa shape index (κ2) is 7.49. The van der Waals surface area contributed by atoms with Gasteiger partial charge in [-0.25, -0.2) is 4.79 Å². The first kappa shape index (κ1) is 16.2. The van der Waals surface area contributed by atoms with Gasteiger partial charge in [-0.1, -0.05) is 26.8 Å². The van der Waals surface area contributed by atoms with E-state index in [-0.39, 0.29) is 18.0 Å². The number of carbonyl (C=O) groups is 1. The van der Waals surface area contributed by atoms with E-state index in [1.165, 1.54) is 0 Å². The molecular weight excluding hydrogens is 216 g/mol. The van der Waals surface area contributed by atoms with Gasteiger partial charge < -0.3 is 9.84 Å². The average Bonchev–Trinajstić information content (AvgIpc) is 2.23. The molecule has 0 radical (unpaired) electrons. The lowest BCUT2D eigenvalue weighted by Crippen LogP contribution is -2.21. The van der Waals surface area contributed by atoms with Crippen molar-refractivity contribution in [3.63, 3.8) is 0 Å². The Morgan fingerprint density at radius 2 is 2.06 bits per heavy atom. The Balaban J connectivity index is 4.03. The van der Waals surface area contributed by atoms with Crippen LogP contribution in [0.5, 0.6) is 0 Å². The van der Waals surface area contributed by atoms with Gasteiger partial charge >= 0.3 is 5.97 Å². The van der Waals surface area contributed by atoms with Gasteiger partial charge in [0.25, 0.3) is 0 Å². The van der Waals surface area contributed by atoms with Crippen molar-refractivity contribution in [1.29, 1.82) is 0 Å². The van der Waals surface area contributed by atoms with Crippen LogP contribution in [0.4, 0.5) is 0 Å². The zero-order valence-corrected chi connectivity index (χ0v) is 11.7. The smallest absolute Gasteiger partial charge is 0.333 e.